The van der Waals surface area contributed by atoms with Gasteiger partial charge in [-0.15, -0.1) is 0 Å². The van der Waals surface area contributed by atoms with Crippen LogP contribution in [-0.2, 0) is 21.4 Å². The Bertz CT molecular complexity index is 1050. The van der Waals surface area contributed by atoms with Crippen LogP contribution in [0.1, 0.15) is 17.5 Å². The van der Waals surface area contributed by atoms with Gasteiger partial charge in [0.1, 0.15) is 0 Å². The van der Waals surface area contributed by atoms with E-state index in [0.717, 1.165) is 22.4 Å². The van der Waals surface area contributed by atoms with Crippen LogP contribution in [0.2, 0.25) is 0 Å². The lowest BCUT2D eigenvalue weighted by Gasteiger charge is -2.09. The van der Waals surface area contributed by atoms with Crippen LogP contribution >= 0.6 is 11.3 Å². The quantitative estimate of drug-likeness (QED) is 0.592. The fourth-order valence-electron chi connectivity index (χ4n) is 2.61. The Hall–Kier alpha value is -2.55. The molecule has 3 aromatic rings. The Morgan fingerprint density at radius 3 is 2.79 bits per heavy atom. The van der Waals surface area contributed by atoms with Gasteiger partial charge in [-0.25, -0.2) is 13.1 Å². The fourth-order valence-corrected chi connectivity index (χ4v) is 4.39. The van der Waals surface area contributed by atoms with Gasteiger partial charge in [0.25, 0.3) is 0 Å². The summed E-state index contributed by atoms with van der Waals surface area (Å²) in [6, 6.07) is 12.4. The van der Waals surface area contributed by atoms with Gasteiger partial charge in [0.15, 0.2) is 0 Å². The van der Waals surface area contributed by atoms with E-state index in [1.807, 2.05) is 41.9 Å². The normalized spacial score (nSPS) is 11.3. The first-order valence-corrected chi connectivity index (χ1v) is 11.2. The van der Waals surface area contributed by atoms with Crippen LogP contribution in [0.15, 0.2) is 64.3 Å². The second-order valence-corrected chi connectivity index (χ2v) is 8.85. The first kappa shape index (κ1) is 20.2. The number of hydrogen-bond acceptors (Lipinski definition) is 5. The minimum absolute atomic E-state index is 0.0403. The van der Waals surface area contributed by atoms with E-state index in [9.17, 15) is 13.2 Å². The van der Waals surface area contributed by atoms with E-state index in [0.29, 0.717) is 6.54 Å². The zero-order valence-electron chi connectivity index (χ0n) is 15.4. The van der Waals surface area contributed by atoms with Crippen LogP contribution in [0, 0.1) is 6.92 Å². The number of aromatic nitrogens is 1. The number of carbonyl (C=O) groups excluding carboxylic acids is 1. The van der Waals surface area contributed by atoms with E-state index in [2.05, 4.69) is 15.0 Å². The van der Waals surface area contributed by atoms with Crippen LogP contribution < -0.4 is 10.0 Å². The molecule has 1 aromatic carbocycles. The van der Waals surface area contributed by atoms with Gasteiger partial charge in [-0.05, 0) is 53.8 Å². The summed E-state index contributed by atoms with van der Waals surface area (Å²) in [5, 5.41) is 6.82. The highest BCUT2D eigenvalue weighted by molar-refractivity contribution is 7.89. The number of nitrogens with one attached hydrogen (secondary N) is 2. The monoisotopic (exact) mass is 415 g/mol. The molecule has 28 heavy (non-hydrogen) atoms. The lowest BCUT2D eigenvalue weighted by molar-refractivity contribution is -0.121. The molecule has 0 aliphatic heterocycles. The van der Waals surface area contributed by atoms with Gasteiger partial charge in [-0.1, -0.05) is 12.1 Å². The molecule has 0 radical (unpaired) electrons. The number of aryl methyl sites for hydroxylation is 1. The Morgan fingerprint density at radius 1 is 1.18 bits per heavy atom. The Balaban J connectivity index is 1.48. The minimum atomic E-state index is -3.61. The van der Waals surface area contributed by atoms with E-state index in [1.54, 1.807) is 29.7 Å². The molecule has 0 fully saturated rings. The van der Waals surface area contributed by atoms with Gasteiger partial charge in [0, 0.05) is 36.7 Å². The van der Waals surface area contributed by atoms with Gasteiger partial charge in [0.05, 0.1) is 10.6 Å². The second-order valence-electron chi connectivity index (χ2n) is 6.30. The standard InChI is InChI=1S/C20H21N3O3S2/c1-15-3-2-4-18(11-15)28(25,26)23-9-6-20(24)22-13-16-5-8-21-19(12-16)17-7-10-27-14-17/h2-5,7-8,10-12,14,23H,6,9,13H2,1H3,(H,22,24). The predicted octanol–water partition coefficient (Wildman–Crippen LogP) is 3.10. The maximum Gasteiger partial charge on any atom is 0.240 e. The smallest absolute Gasteiger partial charge is 0.240 e. The molecule has 8 heteroatoms. The van der Waals surface area contributed by atoms with Gasteiger partial charge in [-0.2, -0.15) is 11.3 Å². The van der Waals surface area contributed by atoms with E-state index in [-0.39, 0.29) is 23.8 Å². The minimum Gasteiger partial charge on any atom is -0.352 e. The van der Waals surface area contributed by atoms with Crippen molar-refractivity contribution in [2.75, 3.05) is 6.54 Å². The van der Waals surface area contributed by atoms with Crippen molar-refractivity contribution in [2.45, 2.75) is 24.8 Å². The van der Waals surface area contributed by atoms with Crippen LogP contribution in [0.25, 0.3) is 11.3 Å². The highest BCUT2D eigenvalue weighted by Gasteiger charge is 2.14. The average molecular weight is 416 g/mol. The molecule has 0 saturated heterocycles. The summed E-state index contributed by atoms with van der Waals surface area (Å²) < 4.78 is 27.0. The summed E-state index contributed by atoms with van der Waals surface area (Å²) in [5.74, 6) is -0.221. The summed E-state index contributed by atoms with van der Waals surface area (Å²) in [6.45, 7) is 2.23. The molecule has 0 spiro atoms. The SMILES string of the molecule is Cc1cccc(S(=O)(=O)NCCC(=O)NCc2ccnc(-c3ccsc3)c2)c1. The maximum absolute atomic E-state index is 12.2. The predicted molar refractivity (Wildman–Crippen MR) is 110 cm³/mol. The molecule has 0 atom stereocenters. The molecule has 146 valence electrons. The van der Waals surface area contributed by atoms with Crippen molar-refractivity contribution in [1.29, 1.82) is 0 Å². The summed E-state index contributed by atoms with van der Waals surface area (Å²) >= 11 is 1.60. The zero-order valence-corrected chi connectivity index (χ0v) is 17.0. The molecule has 0 bridgehead atoms. The molecule has 6 nitrogen and oxygen atoms in total. The molecule has 0 aliphatic rings. The van der Waals surface area contributed by atoms with Crippen molar-refractivity contribution in [1.82, 2.24) is 15.0 Å². The highest BCUT2D eigenvalue weighted by atomic mass is 32.2. The van der Waals surface area contributed by atoms with E-state index in [4.69, 9.17) is 0 Å². The fraction of sp³-hybridized carbons (Fsp3) is 0.200. The molecular formula is C20H21N3O3S2. The topological polar surface area (TPSA) is 88.2 Å². The highest BCUT2D eigenvalue weighted by Crippen LogP contribution is 2.20. The van der Waals surface area contributed by atoms with E-state index < -0.39 is 10.0 Å². The van der Waals surface area contributed by atoms with Gasteiger partial charge < -0.3 is 5.32 Å². The largest absolute Gasteiger partial charge is 0.352 e. The lowest BCUT2D eigenvalue weighted by atomic mass is 10.1. The van der Waals surface area contributed by atoms with E-state index >= 15 is 0 Å². The van der Waals surface area contributed by atoms with Crippen molar-refractivity contribution < 1.29 is 13.2 Å². The van der Waals surface area contributed by atoms with Crippen LogP contribution in [0.4, 0.5) is 0 Å². The average Bonchev–Trinajstić information content (AvgIpc) is 3.21. The molecule has 0 saturated carbocycles. The number of thiophene rings is 1. The Kier molecular flexibility index (Phi) is 6.56. The second kappa shape index (κ2) is 9.09. The van der Waals surface area contributed by atoms with Crippen LogP contribution in [0.3, 0.4) is 0 Å². The molecule has 2 heterocycles. The molecule has 1 amide bonds. The number of amides is 1. The van der Waals surface area contributed by atoms with Crippen molar-refractivity contribution >= 4 is 27.3 Å². The first-order valence-electron chi connectivity index (χ1n) is 8.74. The number of benzene rings is 1. The number of rotatable bonds is 8. The third-order valence-corrected chi connectivity index (χ3v) is 6.22. The summed E-state index contributed by atoms with van der Waals surface area (Å²) in [4.78, 5) is 16.6. The third-order valence-electron chi connectivity index (χ3n) is 4.07. The molecule has 2 N–H and O–H groups in total. The zero-order chi connectivity index (χ0) is 20.0. The maximum atomic E-state index is 12.2. The number of carbonyl (C=O) groups is 1. The molecular weight excluding hydrogens is 394 g/mol. The molecule has 3 rings (SSSR count). The summed E-state index contributed by atoms with van der Waals surface area (Å²) in [7, 11) is -3.61. The van der Waals surface area contributed by atoms with Crippen molar-refractivity contribution in [3.63, 3.8) is 0 Å². The Morgan fingerprint density at radius 2 is 2.04 bits per heavy atom. The van der Waals surface area contributed by atoms with Crippen molar-refractivity contribution in [3.05, 3.63) is 70.5 Å². The summed E-state index contributed by atoms with van der Waals surface area (Å²) in [6.07, 6.45) is 1.78. The number of sulfonamides is 1. The summed E-state index contributed by atoms with van der Waals surface area (Å²) in [5.41, 5.74) is 3.70. The molecule has 0 aliphatic carbocycles. The molecule has 2 aromatic heterocycles. The van der Waals surface area contributed by atoms with Crippen LogP contribution in [-0.4, -0.2) is 25.9 Å². The lowest BCUT2D eigenvalue weighted by Crippen LogP contribution is -2.30. The first-order chi connectivity index (χ1) is 13.4. The van der Waals surface area contributed by atoms with Gasteiger partial charge in [-0.3, -0.25) is 9.78 Å². The van der Waals surface area contributed by atoms with E-state index in [1.165, 1.54) is 6.07 Å². The van der Waals surface area contributed by atoms with Gasteiger partial charge in [0.2, 0.25) is 15.9 Å². The van der Waals surface area contributed by atoms with Crippen molar-refractivity contribution in [2.24, 2.45) is 0 Å². The molecule has 0 unspecified atom stereocenters. The number of hydrogen-bond donors (Lipinski definition) is 2. The third kappa shape index (κ3) is 5.48. The Labute approximate surface area is 168 Å². The number of nitrogens with zero attached hydrogens (tertiary/aromatic N) is 1. The van der Waals surface area contributed by atoms with Crippen LogP contribution in [0.5, 0.6) is 0 Å². The number of pyridine rings is 1. The van der Waals surface area contributed by atoms with Crippen molar-refractivity contribution in [3.8, 4) is 11.3 Å². The van der Waals surface area contributed by atoms with Gasteiger partial charge >= 0.3 is 0 Å².